The summed E-state index contributed by atoms with van der Waals surface area (Å²) in [7, 11) is 0. The molecule has 1 aliphatic rings. The molecule has 7 nitrogen and oxygen atoms in total. The molecule has 0 radical (unpaired) electrons. The number of amides is 2. The monoisotopic (exact) mass is 370 g/mol. The van der Waals surface area contributed by atoms with Gasteiger partial charge in [-0.25, -0.2) is 9.48 Å². The summed E-state index contributed by atoms with van der Waals surface area (Å²) < 4.78 is 1.86. The van der Waals surface area contributed by atoms with Gasteiger partial charge in [-0.3, -0.25) is 4.79 Å². The molecule has 1 aliphatic heterocycles. The van der Waals surface area contributed by atoms with E-state index >= 15 is 0 Å². The summed E-state index contributed by atoms with van der Waals surface area (Å²) in [6.07, 6.45) is 4.69. The third kappa shape index (κ3) is 4.30. The van der Waals surface area contributed by atoms with Crippen LogP contribution in [0.15, 0.2) is 30.5 Å². The molecule has 2 aromatic rings. The topological polar surface area (TPSA) is 87.5 Å². The van der Waals surface area contributed by atoms with E-state index in [1.807, 2.05) is 29.8 Å². The first-order valence-corrected chi connectivity index (χ1v) is 9.42. The summed E-state index contributed by atoms with van der Waals surface area (Å²) in [5.74, 6) is -1.33. The first-order valence-electron chi connectivity index (χ1n) is 9.42. The van der Waals surface area contributed by atoms with Gasteiger partial charge in [0.1, 0.15) is 0 Å². The number of nitrogens with one attached hydrogen (secondary N) is 1. The Morgan fingerprint density at radius 1 is 1.37 bits per heavy atom. The predicted octanol–water partition coefficient (Wildman–Crippen LogP) is 3.46. The van der Waals surface area contributed by atoms with Crippen LogP contribution in [0.1, 0.15) is 37.4 Å². The SMILES string of the molecule is CCCc1c(NC(=O)N2CCCC(C(=O)O)C2)cnn1-c1cccc(C)c1. The number of urea groups is 1. The van der Waals surface area contributed by atoms with E-state index in [0.717, 1.165) is 29.8 Å². The Balaban J connectivity index is 1.80. The second-order valence-corrected chi connectivity index (χ2v) is 7.06. The molecule has 2 heterocycles. The smallest absolute Gasteiger partial charge is 0.321 e. The largest absolute Gasteiger partial charge is 0.481 e. The van der Waals surface area contributed by atoms with Gasteiger partial charge in [0, 0.05) is 13.1 Å². The minimum Gasteiger partial charge on any atom is -0.481 e. The van der Waals surface area contributed by atoms with E-state index in [9.17, 15) is 14.7 Å². The van der Waals surface area contributed by atoms with Crippen molar-refractivity contribution in [1.82, 2.24) is 14.7 Å². The lowest BCUT2D eigenvalue weighted by atomic mass is 9.99. The van der Waals surface area contributed by atoms with Crippen molar-refractivity contribution in [2.45, 2.75) is 39.5 Å². The maximum Gasteiger partial charge on any atom is 0.321 e. The van der Waals surface area contributed by atoms with E-state index in [0.29, 0.717) is 25.1 Å². The Morgan fingerprint density at radius 2 is 2.19 bits per heavy atom. The van der Waals surface area contributed by atoms with Crippen LogP contribution in [0.5, 0.6) is 0 Å². The minimum absolute atomic E-state index is 0.246. The second kappa shape index (κ2) is 8.24. The van der Waals surface area contributed by atoms with Gasteiger partial charge in [-0.1, -0.05) is 25.5 Å². The normalized spacial score (nSPS) is 17.0. The summed E-state index contributed by atoms with van der Waals surface area (Å²) in [6.45, 7) is 4.94. The molecule has 0 spiro atoms. The summed E-state index contributed by atoms with van der Waals surface area (Å²) in [6, 6.07) is 7.80. The number of carbonyl (C=O) groups is 2. The van der Waals surface area contributed by atoms with Crippen molar-refractivity contribution in [2.75, 3.05) is 18.4 Å². The molecule has 144 valence electrons. The van der Waals surface area contributed by atoms with Gasteiger partial charge in [-0.05, 0) is 43.9 Å². The number of piperidine rings is 1. The highest BCUT2D eigenvalue weighted by Crippen LogP contribution is 2.23. The van der Waals surface area contributed by atoms with Gasteiger partial charge in [-0.2, -0.15) is 5.10 Å². The first kappa shape index (κ1) is 18.9. The standard InChI is InChI=1S/C20H26N4O3/c1-3-6-18-17(12-21-24(18)16-9-4-7-14(2)11-16)22-20(27)23-10-5-8-15(13-23)19(25)26/h4,7,9,11-12,15H,3,5-6,8,10,13H2,1-2H3,(H,22,27)(H,25,26). The molecule has 1 saturated heterocycles. The molecule has 1 unspecified atom stereocenters. The van der Waals surface area contributed by atoms with Crippen molar-refractivity contribution in [2.24, 2.45) is 5.92 Å². The van der Waals surface area contributed by atoms with Crippen LogP contribution < -0.4 is 5.32 Å². The van der Waals surface area contributed by atoms with Crippen LogP contribution >= 0.6 is 0 Å². The molecule has 1 aromatic carbocycles. The van der Waals surface area contributed by atoms with E-state index in [4.69, 9.17) is 0 Å². The van der Waals surface area contributed by atoms with E-state index < -0.39 is 11.9 Å². The van der Waals surface area contributed by atoms with Crippen LogP contribution in [0.3, 0.4) is 0 Å². The first-order chi connectivity index (χ1) is 13.0. The summed E-state index contributed by atoms with van der Waals surface area (Å²) in [5.41, 5.74) is 3.73. The maximum absolute atomic E-state index is 12.7. The number of aryl methyl sites for hydroxylation is 1. The van der Waals surface area contributed by atoms with Crippen molar-refractivity contribution in [3.63, 3.8) is 0 Å². The van der Waals surface area contributed by atoms with Crippen LogP contribution in [0.4, 0.5) is 10.5 Å². The quantitative estimate of drug-likeness (QED) is 0.844. The lowest BCUT2D eigenvalue weighted by molar-refractivity contribution is -0.143. The highest BCUT2D eigenvalue weighted by molar-refractivity contribution is 5.90. The number of rotatable bonds is 5. The number of aromatic nitrogens is 2. The number of carboxylic acid groups (broad SMARTS) is 1. The van der Waals surface area contributed by atoms with Crippen LogP contribution in [0.25, 0.3) is 5.69 Å². The highest BCUT2D eigenvalue weighted by Gasteiger charge is 2.28. The van der Waals surface area contributed by atoms with Gasteiger partial charge in [0.2, 0.25) is 0 Å². The molecule has 27 heavy (non-hydrogen) atoms. The second-order valence-electron chi connectivity index (χ2n) is 7.06. The lowest BCUT2D eigenvalue weighted by Crippen LogP contribution is -2.44. The van der Waals surface area contributed by atoms with Gasteiger partial charge in [0.25, 0.3) is 0 Å². The molecule has 2 amide bonds. The van der Waals surface area contributed by atoms with Gasteiger partial charge < -0.3 is 15.3 Å². The molecule has 0 aliphatic carbocycles. The number of anilines is 1. The average Bonchev–Trinajstić information content (AvgIpc) is 3.04. The molecule has 1 fully saturated rings. The van der Waals surface area contributed by atoms with Crippen molar-refractivity contribution in [3.8, 4) is 5.69 Å². The number of hydrogen-bond acceptors (Lipinski definition) is 3. The van der Waals surface area contributed by atoms with E-state index in [1.165, 1.54) is 0 Å². The molecule has 1 aromatic heterocycles. The zero-order valence-electron chi connectivity index (χ0n) is 15.8. The van der Waals surface area contributed by atoms with Crippen molar-refractivity contribution >= 4 is 17.7 Å². The summed E-state index contributed by atoms with van der Waals surface area (Å²) in [5, 5.41) is 16.6. The Bertz CT molecular complexity index is 830. The Kier molecular flexibility index (Phi) is 5.78. The zero-order chi connectivity index (χ0) is 19.4. The molecule has 2 N–H and O–H groups in total. The number of benzene rings is 1. The third-order valence-corrected chi connectivity index (χ3v) is 4.90. The van der Waals surface area contributed by atoms with Gasteiger partial charge in [-0.15, -0.1) is 0 Å². The average molecular weight is 370 g/mol. The van der Waals surface area contributed by atoms with Crippen molar-refractivity contribution in [3.05, 3.63) is 41.7 Å². The fourth-order valence-electron chi connectivity index (χ4n) is 3.50. The molecular weight excluding hydrogens is 344 g/mol. The van der Waals surface area contributed by atoms with Crippen LogP contribution in [0, 0.1) is 12.8 Å². The van der Waals surface area contributed by atoms with Crippen molar-refractivity contribution < 1.29 is 14.7 Å². The van der Waals surface area contributed by atoms with E-state index in [1.54, 1.807) is 11.1 Å². The fourth-order valence-corrected chi connectivity index (χ4v) is 3.50. The maximum atomic E-state index is 12.7. The number of carbonyl (C=O) groups excluding carboxylic acids is 1. The molecule has 1 atom stereocenters. The summed E-state index contributed by atoms with van der Waals surface area (Å²) in [4.78, 5) is 25.5. The minimum atomic E-state index is -0.841. The van der Waals surface area contributed by atoms with Gasteiger partial charge in [0.05, 0.1) is 29.2 Å². The number of likely N-dealkylation sites (tertiary alicyclic amines) is 1. The molecule has 0 bridgehead atoms. The van der Waals surface area contributed by atoms with Gasteiger partial charge >= 0.3 is 12.0 Å². The highest BCUT2D eigenvalue weighted by atomic mass is 16.4. The number of aliphatic carboxylic acids is 1. The van der Waals surface area contributed by atoms with Crippen LogP contribution in [-0.4, -0.2) is 44.9 Å². The zero-order valence-corrected chi connectivity index (χ0v) is 15.8. The van der Waals surface area contributed by atoms with Crippen molar-refractivity contribution in [1.29, 1.82) is 0 Å². The Labute approximate surface area is 159 Å². The molecule has 3 rings (SSSR count). The van der Waals surface area contributed by atoms with Crippen LogP contribution in [0.2, 0.25) is 0 Å². The van der Waals surface area contributed by atoms with E-state index in [-0.39, 0.29) is 12.6 Å². The number of hydrogen-bond donors (Lipinski definition) is 2. The van der Waals surface area contributed by atoms with Gasteiger partial charge in [0.15, 0.2) is 0 Å². The summed E-state index contributed by atoms with van der Waals surface area (Å²) >= 11 is 0. The fraction of sp³-hybridized carbons (Fsp3) is 0.450. The molecule has 0 saturated carbocycles. The Morgan fingerprint density at radius 3 is 2.89 bits per heavy atom. The molecular formula is C20H26N4O3. The Hall–Kier alpha value is -2.83. The van der Waals surface area contributed by atoms with Crippen LogP contribution in [-0.2, 0) is 11.2 Å². The third-order valence-electron chi connectivity index (χ3n) is 4.90. The van der Waals surface area contributed by atoms with E-state index in [2.05, 4.69) is 23.4 Å². The molecule has 7 heteroatoms. The number of carboxylic acids is 1. The number of nitrogens with zero attached hydrogens (tertiary/aromatic N) is 3. The predicted molar refractivity (Wildman–Crippen MR) is 103 cm³/mol. The lowest BCUT2D eigenvalue weighted by Gasteiger charge is -2.30.